The smallest absolute Gasteiger partial charge is 0.312 e. The van der Waals surface area contributed by atoms with E-state index < -0.39 is 0 Å². The summed E-state index contributed by atoms with van der Waals surface area (Å²) in [6.45, 7) is 4.12. The fraction of sp³-hybridized carbons (Fsp3) is 0.941. The fourth-order valence-electron chi connectivity index (χ4n) is 2.77. The summed E-state index contributed by atoms with van der Waals surface area (Å²) < 4.78 is 5.01. The second-order valence-corrected chi connectivity index (χ2v) is 6.27. The van der Waals surface area contributed by atoms with Gasteiger partial charge in [-0.1, -0.05) is 64.7 Å². The van der Waals surface area contributed by atoms with Gasteiger partial charge in [-0.05, 0) is 13.3 Å². The number of hydrogen-bond donors (Lipinski definition) is 1. The van der Waals surface area contributed by atoms with Crippen molar-refractivity contribution in [3.05, 3.63) is 0 Å². The maximum absolute atomic E-state index is 10.9. The van der Waals surface area contributed by atoms with Crippen LogP contribution in [0.25, 0.3) is 0 Å². The van der Waals surface area contributed by atoms with Crippen molar-refractivity contribution in [1.82, 2.24) is 0 Å². The molecule has 1 N–H and O–H groups in total. The van der Waals surface area contributed by atoms with Gasteiger partial charge < -0.3 is 9.84 Å². The molecule has 0 saturated carbocycles. The van der Waals surface area contributed by atoms with Crippen molar-refractivity contribution in [3.8, 4) is 0 Å². The van der Waals surface area contributed by atoms with Crippen LogP contribution in [0.5, 0.6) is 0 Å². The second-order valence-electron chi connectivity index (χ2n) is 6.27. The quantitative estimate of drug-likeness (QED) is 0.431. The summed E-state index contributed by atoms with van der Waals surface area (Å²) in [4.78, 5) is 10.9. The normalized spacial score (nSPS) is 23.2. The van der Waals surface area contributed by atoms with E-state index in [1.165, 1.54) is 51.4 Å². The van der Waals surface area contributed by atoms with E-state index in [-0.39, 0.29) is 24.1 Å². The van der Waals surface area contributed by atoms with Gasteiger partial charge in [0.15, 0.2) is 0 Å². The minimum absolute atomic E-state index is 0.0206. The third-order valence-corrected chi connectivity index (χ3v) is 4.34. The van der Waals surface area contributed by atoms with Crippen molar-refractivity contribution in [2.45, 2.75) is 96.7 Å². The number of cyclic esters (lactones) is 1. The third kappa shape index (κ3) is 6.74. The lowest BCUT2D eigenvalue weighted by atomic mass is 9.92. The molecule has 0 radical (unpaired) electrons. The molecule has 1 saturated heterocycles. The molecule has 3 nitrogen and oxygen atoms in total. The zero-order chi connectivity index (χ0) is 14.8. The fourth-order valence-corrected chi connectivity index (χ4v) is 2.77. The van der Waals surface area contributed by atoms with Crippen molar-refractivity contribution in [2.24, 2.45) is 5.92 Å². The summed E-state index contributed by atoms with van der Waals surface area (Å²) in [5.74, 6) is -0.141. The highest BCUT2D eigenvalue weighted by Crippen LogP contribution is 2.26. The predicted molar refractivity (Wildman–Crippen MR) is 81.5 cm³/mol. The first-order valence-corrected chi connectivity index (χ1v) is 8.53. The van der Waals surface area contributed by atoms with Crippen molar-refractivity contribution in [3.63, 3.8) is 0 Å². The Labute approximate surface area is 124 Å². The Bertz CT molecular complexity index is 265. The van der Waals surface area contributed by atoms with Crippen LogP contribution in [0, 0.1) is 5.92 Å². The van der Waals surface area contributed by atoms with E-state index >= 15 is 0 Å². The molecule has 0 unspecified atom stereocenters. The Morgan fingerprint density at radius 2 is 1.60 bits per heavy atom. The van der Waals surface area contributed by atoms with Crippen LogP contribution < -0.4 is 0 Å². The van der Waals surface area contributed by atoms with Gasteiger partial charge in [0, 0.05) is 6.42 Å². The van der Waals surface area contributed by atoms with E-state index in [2.05, 4.69) is 6.92 Å². The van der Waals surface area contributed by atoms with Gasteiger partial charge in [0.05, 0.1) is 12.0 Å². The topological polar surface area (TPSA) is 46.5 Å². The molecule has 0 aromatic carbocycles. The van der Waals surface area contributed by atoms with Crippen LogP contribution in [0.3, 0.4) is 0 Å². The number of ether oxygens (including phenoxy) is 1. The SMILES string of the molecule is CCCCCCCCCCC[C@@H](O)C[C@@H]1OC(=O)[C@H]1C. The average Bonchev–Trinajstić information content (AvgIpc) is 2.45. The molecule has 0 aliphatic carbocycles. The molecule has 1 aliphatic heterocycles. The summed E-state index contributed by atoms with van der Waals surface area (Å²) in [6.07, 6.45) is 12.8. The van der Waals surface area contributed by atoms with Crippen molar-refractivity contribution >= 4 is 5.97 Å². The Balaban J connectivity index is 1.85. The molecule has 118 valence electrons. The van der Waals surface area contributed by atoms with Crippen LogP contribution in [0.15, 0.2) is 0 Å². The number of aliphatic hydroxyl groups is 1. The van der Waals surface area contributed by atoms with E-state index in [0.29, 0.717) is 6.42 Å². The first-order valence-electron chi connectivity index (χ1n) is 8.53. The molecule has 0 spiro atoms. The monoisotopic (exact) mass is 284 g/mol. The minimum Gasteiger partial charge on any atom is -0.461 e. The lowest BCUT2D eigenvalue weighted by Gasteiger charge is -2.33. The highest BCUT2D eigenvalue weighted by Gasteiger charge is 2.39. The summed E-state index contributed by atoms with van der Waals surface area (Å²) >= 11 is 0. The van der Waals surface area contributed by atoms with Gasteiger partial charge in [0.1, 0.15) is 6.10 Å². The lowest BCUT2D eigenvalue weighted by molar-refractivity contribution is -0.185. The molecule has 3 heteroatoms. The first kappa shape index (κ1) is 17.5. The van der Waals surface area contributed by atoms with Crippen LogP contribution in [0.1, 0.15) is 84.5 Å². The maximum Gasteiger partial charge on any atom is 0.312 e. The van der Waals surface area contributed by atoms with Crippen molar-refractivity contribution in [1.29, 1.82) is 0 Å². The number of aliphatic hydroxyl groups excluding tert-OH is 1. The summed E-state index contributed by atoms with van der Waals surface area (Å²) in [5.41, 5.74) is 0. The number of carbonyl (C=O) groups is 1. The largest absolute Gasteiger partial charge is 0.461 e. The molecule has 1 fully saturated rings. The molecular formula is C17H32O3. The van der Waals surface area contributed by atoms with Crippen molar-refractivity contribution in [2.75, 3.05) is 0 Å². The van der Waals surface area contributed by atoms with Crippen LogP contribution >= 0.6 is 0 Å². The van der Waals surface area contributed by atoms with E-state index in [9.17, 15) is 9.90 Å². The van der Waals surface area contributed by atoms with E-state index in [4.69, 9.17) is 4.74 Å². The van der Waals surface area contributed by atoms with Gasteiger partial charge in [-0.3, -0.25) is 4.79 Å². The van der Waals surface area contributed by atoms with Gasteiger partial charge in [-0.2, -0.15) is 0 Å². The van der Waals surface area contributed by atoms with Gasteiger partial charge in [-0.25, -0.2) is 0 Å². The number of carbonyl (C=O) groups excluding carboxylic acids is 1. The number of rotatable bonds is 12. The lowest BCUT2D eigenvalue weighted by Crippen LogP contribution is -2.44. The van der Waals surface area contributed by atoms with Gasteiger partial charge in [0.25, 0.3) is 0 Å². The molecule has 1 heterocycles. The van der Waals surface area contributed by atoms with Gasteiger partial charge >= 0.3 is 5.97 Å². The molecule has 0 aromatic rings. The zero-order valence-corrected chi connectivity index (χ0v) is 13.3. The number of hydrogen-bond acceptors (Lipinski definition) is 3. The Hall–Kier alpha value is -0.570. The Morgan fingerprint density at radius 1 is 1.05 bits per heavy atom. The molecular weight excluding hydrogens is 252 g/mol. The second kappa shape index (κ2) is 10.2. The molecule has 0 bridgehead atoms. The highest BCUT2D eigenvalue weighted by molar-refractivity contribution is 5.77. The summed E-state index contributed by atoms with van der Waals surface area (Å²) in [7, 11) is 0. The predicted octanol–water partition coefficient (Wildman–Crippen LogP) is 4.22. The van der Waals surface area contributed by atoms with E-state index in [0.717, 1.165) is 12.8 Å². The maximum atomic E-state index is 10.9. The Morgan fingerprint density at radius 3 is 2.10 bits per heavy atom. The van der Waals surface area contributed by atoms with Crippen LogP contribution in [-0.2, 0) is 9.53 Å². The van der Waals surface area contributed by atoms with Gasteiger partial charge in [0.2, 0.25) is 0 Å². The minimum atomic E-state index is -0.305. The molecule has 1 aliphatic rings. The zero-order valence-electron chi connectivity index (χ0n) is 13.3. The first-order chi connectivity index (χ1) is 9.65. The standard InChI is InChI=1S/C17H32O3/c1-3-4-5-6-7-8-9-10-11-12-15(18)13-16-14(2)17(19)20-16/h14-16,18H,3-13H2,1-2H3/t14-,15+,16-/m0/s1. The number of esters is 1. The van der Waals surface area contributed by atoms with Crippen molar-refractivity contribution < 1.29 is 14.6 Å². The molecule has 20 heavy (non-hydrogen) atoms. The third-order valence-electron chi connectivity index (χ3n) is 4.34. The molecule has 3 atom stereocenters. The van der Waals surface area contributed by atoms with E-state index in [1.807, 2.05) is 6.92 Å². The molecule has 0 amide bonds. The van der Waals surface area contributed by atoms with Crippen LogP contribution in [-0.4, -0.2) is 23.3 Å². The summed E-state index contributed by atoms with van der Waals surface area (Å²) in [5, 5.41) is 9.90. The van der Waals surface area contributed by atoms with Crippen LogP contribution in [0.4, 0.5) is 0 Å². The average molecular weight is 284 g/mol. The highest BCUT2D eigenvalue weighted by atomic mass is 16.6. The summed E-state index contributed by atoms with van der Waals surface area (Å²) in [6, 6.07) is 0. The molecule has 0 aromatic heterocycles. The molecule has 1 rings (SSSR count). The van der Waals surface area contributed by atoms with Gasteiger partial charge in [-0.15, -0.1) is 0 Å². The van der Waals surface area contributed by atoms with Crippen LogP contribution in [0.2, 0.25) is 0 Å². The number of unbranched alkanes of at least 4 members (excludes halogenated alkanes) is 8. The van der Waals surface area contributed by atoms with E-state index in [1.54, 1.807) is 0 Å². The Kier molecular flexibility index (Phi) is 8.92.